The Morgan fingerprint density at radius 3 is 2.59 bits per heavy atom. The van der Waals surface area contributed by atoms with Crippen LogP contribution in [0.2, 0.25) is 0 Å². The maximum atomic E-state index is 13.5. The van der Waals surface area contributed by atoms with E-state index in [1.54, 1.807) is 0 Å². The van der Waals surface area contributed by atoms with Gasteiger partial charge in [-0.05, 0) is 24.6 Å². The van der Waals surface area contributed by atoms with Gasteiger partial charge in [-0.25, -0.2) is 9.18 Å². The van der Waals surface area contributed by atoms with Crippen LogP contribution in [0.4, 0.5) is 4.39 Å². The number of hydrogen-bond donors (Lipinski definition) is 2. The predicted octanol–water partition coefficient (Wildman–Crippen LogP) is 1.39. The van der Waals surface area contributed by atoms with Gasteiger partial charge in [0, 0.05) is 11.0 Å². The number of nitrogens with one attached hydrogen (secondary N) is 2. The maximum Gasteiger partial charge on any atom is 0.341 e. The number of carbonyl (C=O) groups is 3. The molecule has 1 aromatic carbocycles. The molecule has 2 amide bonds. The first-order valence-corrected chi connectivity index (χ1v) is 7.39. The van der Waals surface area contributed by atoms with Crippen LogP contribution in [0.3, 0.4) is 0 Å². The fourth-order valence-corrected chi connectivity index (χ4v) is 1.75. The average molecular weight is 375 g/mol. The van der Waals surface area contributed by atoms with E-state index in [4.69, 9.17) is 0 Å². The standard InChI is InChI=1S/C14H16BrFN2O4/c1-2-5-17-12(19)7-18-13(20)8-22-14(21)10-4-3-9(15)6-11(10)16/h3-4,6H,2,5,7-8H2,1H3,(H,17,19)(H,18,20). The second-order valence-corrected chi connectivity index (χ2v) is 5.24. The van der Waals surface area contributed by atoms with Crippen LogP contribution in [0.15, 0.2) is 22.7 Å². The van der Waals surface area contributed by atoms with Crippen molar-refractivity contribution in [1.29, 1.82) is 0 Å². The zero-order valence-electron chi connectivity index (χ0n) is 11.9. The molecule has 0 saturated heterocycles. The molecule has 0 aliphatic heterocycles. The fourth-order valence-electron chi connectivity index (χ4n) is 1.42. The third-order valence-corrected chi connectivity index (χ3v) is 3.00. The summed E-state index contributed by atoms with van der Waals surface area (Å²) in [4.78, 5) is 34.3. The van der Waals surface area contributed by atoms with Crippen molar-refractivity contribution in [2.45, 2.75) is 13.3 Å². The minimum absolute atomic E-state index is 0.205. The Bertz CT molecular complexity index is 566. The minimum Gasteiger partial charge on any atom is -0.452 e. The molecule has 2 N–H and O–H groups in total. The van der Waals surface area contributed by atoms with Gasteiger partial charge in [-0.15, -0.1) is 0 Å². The zero-order valence-corrected chi connectivity index (χ0v) is 13.5. The van der Waals surface area contributed by atoms with Crippen LogP contribution in [0, 0.1) is 5.82 Å². The Morgan fingerprint density at radius 1 is 1.23 bits per heavy atom. The van der Waals surface area contributed by atoms with Crippen molar-refractivity contribution in [2.24, 2.45) is 0 Å². The highest BCUT2D eigenvalue weighted by Crippen LogP contribution is 2.15. The molecule has 0 spiro atoms. The van der Waals surface area contributed by atoms with Gasteiger partial charge in [0.05, 0.1) is 12.1 Å². The van der Waals surface area contributed by atoms with E-state index in [-0.39, 0.29) is 18.0 Å². The second-order valence-electron chi connectivity index (χ2n) is 4.33. The molecule has 1 rings (SSSR count). The molecule has 120 valence electrons. The number of carbonyl (C=O) groups excluding carboxylic acids is 3. The molecule has 8 heteroatoms. The monoisotopic (exact) mass is 374 g/mol. The Kier molecular flexibility index (Phi) is 7.51. The lowest BCUT2D eigenvalue weighted by Gasteiger charge is -2.07. The summed E-state index contributed by atoms with van der Waals surface area (Å²) in [5.74, 6) is -2.67. The Hall–Kier alpha value is -1.96. The van der Waals surface area contributed by atoms with Gasteiger partial charge in [-0.2, -0.15) is 0 Å². The lowest BCUT2D eigenvalue weighted by Crippen LogP contribution is -2.38. The Balaban J connectivity index is 2.37. The summed E-state index contributed by atoms with van der Waals surface area (Å²) in [7, 11) is 0. The van der Waals surface area contributed by atoms with Gasteiger partial charge in [-0.3, -0.25) is 9.59 Å². The van der Waals surface area contributed by atoms with E-state index in [1.807, 2.05) is 6.92 Å². The van der Waals surface area contributed by atoms with Crippen LogP contribution < -0.4 is 10.6 Å². The van der Waals surface area contributed by atoms with Crippen molar-refractivity contribution in [3.63, 3.8) is 0 Å². The van der Waals surface area contributed by atoms with Gasteiger partial charge in [0.25, 0.3) is 5.91 Å². The van der Waals surface area contributed by atoms with Crippen LogP contribution in [0.25, 0.3) is 0 Å². The van der Waals surface area contributed by atoms with Crippen molar-refractivity contribution in [3.05, 3.63) is 34.1 Å². The summed E-state index contributed by atoms with van der Waals surface area (Å²) in [5, 5.41) is 4.87. The molecule has 0 aromatic heterocycles. The van der Waals surface area contributed by atoms with E-state index in [9.17, 15) is 18.8 Å². The van der Waals surface area contributed by atoms with Crippen LogP contribution in [0.5, 0.6) is 0 Å². The molecule has 0 heterocycles. The molecule has 0 bridgehead atoms. The summed E-state index contributed by atoms with van der Waals surface area (Å²) in [6, 6.07) is 3.85. The Labute approximate surface area is 135 Å². The third-order valence-electron chi connectivity index (χ3n) is 2.50. The first-order valence-electron chi connectivity index (χ1n) is 6.59. The van der Waals surface area contributed by atoms with Gasteiger partial charge >= 0.3 is 5.97 Å². The maximum absolute atomic E-state index is 13.5. The van der Waals surface area contributed by atoms with Crippen molar-refractivity contribution in [2.75, 3.05) is 19.7 Å². The van der Waals surface area contributed by atoms with Gasteiger partial charge in [0.1, 0.15) is 5.82 Å². The Morgan fingerprint density at radius 2 is 1.95 bits per heavy atom. The summed E-state index contributed by atoms with van der Waals surface area (Å²) in [6.45, 7) is 1.63. The van der Waals surface area contributed by atoms with Crippen LogP contribution >= 0.6 is 15.9 Å². The van der Waals surface area contributed by atoms with Crippen molar-refractivity contribution < 1.29 is 23.5 Å². The van der Waals surface area contributed by atoms with E-state index >= 15 is 0 Å². The number of halogens is 2. The van der Waals surface area contributed by atoms with Gasteiger partial charge < -0.3 is 15.4 Å². The van der Waals surface area contributed by atoms with E-state index in [2.05, 4.69) is 31.3 Å². The van der Waals surface area contributed by atoms with Crippen molar-refractivity contribution in [3.8, 4) is 0 Å². The summed E-state index contributed by atoms with van der Waals surface area (Å²) < 4.78 is 18.7. The predicted molar refractivity (Wildman–Crippen MR) is 80.7 cm³/mol. The molecule has 0 unspecified atom stereocenters. The summed E-state index contributed by atoms with van der Waals surface area (Å²) in [5.41, 5.74) is -0.267. The fraction of sp³-hybridized carbons (Fsp3) is 0.357. The number of esters is 1. The molecular weight excluding hydrogens is 359 g/mol. The van der Waals surface area contributed by atoms with Crippen LogP contribution in [-0.4, -0.2) is 37.5 Å². The first kappa shape index (κ1) is 18.1. The normalized spacial score (nSPS) is 9.95. The largest absolute Gasteiger partial charge is 0.452 e. The quantitative estimate of drug-likeness (QED) is 0.706. The van der Waals surface area contributed by atoms with Gasteiger partial charge in [0.15, 0.2) is 6.61 Å². The second kappa shape index (κ2) is 9.14. The van der Waals surface area contributed by atoms with Crippen molar-refractivity contribution >= 4 is 33.7 Å². The van der Waals surface area contributed by atoms with E-state index in [0.29, 0.717) is 11.0 Å². The molecule has 6 nitrogen and oxygen atoms in total. The highest BCUT2D eigenvalue weighted by atomic mass is 79.9. The SMILES string of the molecule is CCCNC(=O)CNC(=O)COC(=O)c1ccc(Br)cc1F. The molecule has 22 heavy (non-hydrogen) atoms. The lowest BCUT2D eigenvalue weighted by atomic mass is 10.2. The molecular formula is C14H16BrFN2O4. The molecule has 0 aliphatic carbocycles. The topological polar surface area (TPSA) is 84.5 Å². The smallest absolute Gasteiger partial charge is 0.341 e. The first-order chi connectivity index (χ1) is 10.4. The van der Waals surface area contributed by atoms with E-state index in [1.165, 1.54) is 12.1 Å². The number of ether oxygens (including phenoxy) is 1. The molecule has 0 atom stereocenters. The highest BCUT2D eigenvalue weighted by Gasteiger charge is 2.15. The average Bonchev–Trinajstić information content (AvgIpc) is 2.48. The molecule has 1 aromatic rings. The number of hydrogen-bond acceptors (Lipinski definition) is 4. The molecule has 0 fully saturated rings. The van der Waals surface area contributed by atoms with Crippen LogP contribution in [-0.2, 0) is 14.3 Å². The minimum atomic E-state index is -0.949. The van der Waals surface area contributed by atoms with E-state index < -0.39 is 24.3 Å². The van der Waals surface area contributed by atoms with E-state index in [0.717, 1.165) is 12.5 Å². The van der Waals surface area contributed by atoms with Crippen LogP contribution in [0.1, 0.15) is 23.7 Å². The molecule has 0 aliphatic rings. The number of amides is 2. The number of rotatable bonds is 7. The third kappa shape index (κ3) is 6.21. The number of benzene rings is 1. The van der Waals surface area contributed by atoms with Gasteiger partial charge in [0.2, 0.25) is 5.91 Å². The van der Waals surface area contributed by atoms with Gasteiger partial charge in [-0.1, -0.05) is 22.9 Å². The summed E-state index contributed by atoms with van der Waals surface area (Å²) in [6.07, 6.45) is 0.788. The molecule has 0 radical (unpaired) electrons. The molecule has 0 saturated carbocycles. The highest BCUT2D eigenvalue weighted by molar-refractivity contribution is 9.10. The lowest BCUT2D eigenvalue weighted by molar-refractivity contribution is -0.127. The zero-order chi connectivity index (χ0) is 16.5. The van der Waals surface area contributed by atoms with Crippen molar-refractivity contribution in [1.82, 2.24) is 10.6 Å². The summed E-state index contributed by atoms with van der Waals surface area (Å²) >= 11 is 3.07.